The molecule has 2 atom stereocenters. The van der Waals surface area contributed by atoms with Gasteiger partial charge in [-0.05, 0) is 60.4 Å². The van der Waals surface area contributed by atoms with E-state index in [4.69, 9.17) is 19.9 Å². The van der Waals surface area contributed by atoms with Crippen molar-refractivity contribution >= 4 is 0 Å². The van der Waals surface area contributed by atoms with E-state index in [0.717, 1.165) is 11.1 Å². The summed E-state index contributed by atoms with van der Waals surface area (Å²) in [5.74, 6) is 1.82. The van der Waals surface area contributed by atoms with E-state index in [0.29, 0.717) is 30.1 Å². The maximum Gasteiger partial charge on any atom is 0.161 e. The number of hydrogen-bond donors (Lipinski definition) is 3. The summed E-state index contributed by atoms with van der Waals surface area (Å²) >= 11 is 0. The molecule has 0 saturated carbocycles. The van der Waals surface area contributed by atoms with Gasteiger partial charge in [-0.2, -0.15) is 0 Å². The number of aryl methyl sites for hydroxylation is 1. The molecule has 6 nitrogen and oxygen atoms in total. The van der Waals surface area contributed by atoms with Crippen molar-refractivity contribution in [3.63, 3.8) is 0 Å². The number of methoxy groups -OCH3 is 2. The fraction of sp³-hybridized carbons (Fsp3) is 0.280. The standard InChI is InChI=1S/C25H29NO5/c1-29-22-13-8-19(16-23(22)30-2)25(26,15-14-18-6-4-3-5-7-18)24(28)17-31-21-11-9-20(27)10-12-21/h3-13,16,24,27-28H,14-15,17,26H2,1-2H3. The van der Waals surface area contributed by atoms with Crippen LogP contribution in [0.1, 0.15) is 17.5 Å². The van der Waals surface area contributed by atoms with Crippen molar-refractivity contribution in [1.29, 1.82) is 0 Å². The molecule has 0 aliphatic carbocycles. The van der Waals surface area contributed by atoms with E-state index in [2.05, 4.69) is 0 Å². The lowest BCUT2D eigenvalue weighted by Gasteiger charge is -2.35. The SMILES string of the molecule is COc1ccc(C(N)(CCc2ccccc2)C(O)COc2ccc(O)cc2)cc1OC. The third-order valence-electron chi connectivity index (χ3n) is 5.43. The van der Waals surface area contributed by atoms with Crippen molar-refractivity contribution in [1.82, 2.24) is 0 Å². The first kappa shape index (κ1) is 22.5. The predicted octanol–water partition coefficient (Wildman–Crippen LogP) is 3.64. The molecule has 164 valence electrons. The quantitative estimate of drug-likeness (QED) is 0.461. The van der Waals surface area contributed by atoms with Crippen molar-refractivity contribution in [3.8, 4) is 23.0 Å². The number of hydrogen-bond acceptors (Lipinski definition) is 6. The van der Waals surface area contributed by atoms with Gasteiger partial charge in [0.1, 0.15) is 24.2 Å². The molecule has 0 spiro atoms. The van der Waals surface area contributed by atoms with E-state index < -0.39 is 11.6 Å². The molecule has 0 radical (unpaired) electrons. The highest BCUT2D eigenvalue weighted by molar-refractivity contribution is 5.45. The highest BCUT2D eigenvalue weighted by Crippen LogP contribution is 2.35. The van der Waals surface area contributed by atoms with Crippen LogP contribution in [0, 0.1) is 0 Å². The highest BCUT2D eigenvalue weighted by atomic mass is 16.5. The number of aromatic hydroxyl groups is 1. The summed E-state index contributed by atoms with van der Waals surface area (Å²) in [5.41, 5.74) is 7.61. The van der Waals surface area contributed by atoms with Gasteiger partial charge in [0, 0.05) is 0 Å². The molecule has 3 aromatic rings. The van der Waals surface area contributed by atoms with Gasteiger partial charge in [0.15, 0.2) is 11.5 Å². The van der Waals surface area contributed by atoms with Crippen molar-refractivity contribution < 1.29 is 24.4 Å². The molecule has 0 aliphatic rings. The number of aliphatic hydroxyl groups is 1. The van der Waals surface area contributed by atoms with Crippen LogP contribution in [0.4, 0.5) is 0 Å². The van der Waals surface area contributed by atoms with Gasteiger partial charge in [-0.3, -0.25) is 0 Å². The highest BCUT2D eigenvalue weighted by Gasteiger charge is 2.36. The lowest BCUT2D eigenvalue weighted by molar-refractivity contribution is 0.0333. The monoisotopic (exact) mass is 423 g/mol. The van der Waals surface area contributed by atoms with Crippen LogP contribution in [0.25, 0.3) is 0 Å². The molecule has 3 rings (SSSR count). The van der Waals surface area contributed by atoms with Crippen LogP contribution in [-0.4, -0.2) is 37.1 Å². The molecular formula is C25H29NO5. The van der Waals surface area contributed by atoms with Crippen LogP contribution < -0.4 is 19.9 Å². The molecule has 0 saturated heterocycles. The number of phenolic OH excluding ortho intramolecular Hbond substituents is 1. The number of ether oxygens (including phenoxy) is 3. The minimum Gasteiger partial charge on any atom is -0.508 e. The van der Waals surface area contributed by atoms with Gasteiger partial charge in [-0.25, -0.2) is 0 Å². The lowest BCUT2D eigenvalue weighted by Crippen LogP contribution is -2.51. The Balaban J connectivity index is 1.86. The van der Waals surface area contributed by atoms with Gasteiger partial charge in [0.05, 0.1) is 19.8 Å². The first-order chi connectivity index (χ1) is 15.0. The molecule has 0 aromatic heterocycles. The fourth-order valence-corrected chi connectivity index (χ4v) is 3.49. The smallest absolute Gasteiger partial charge is 0.161 e. The minimum absolute atomic E-state index is 0.00951. The maximum absolute atomic E-state index is 11.1. The molecule has 31 heavy (non-hydrogen) atoms. The Labute approximate surface area is 182 Å². The van der Waals surface area contributed by atoms with Crippen LogP contribution in [0.5, 0.6) is 23.0 Å². The molecule has 0 heterocycles. The van der Waals surface area contributed by atoms with Crippen molar-refractivity contribution in [3.05, 3.63) is 83.9 Å². The number of phenols is 1. The molecule has 6 heteroatoms. The van der Waals surface area contributed by atoms with E-state index in [1.807, 2.05) is 36.4 Å². The van der Waals surface area contributed by atoms with Crippen LogP contribution in [-0.2, 0) is 12.0 Å². The number of rotatable bonds is 10. The van der Waals surface area contributed by atoms with E-state index >= 15 is 0 Å². The average Bonchev–Trinajstić information content (AvgIpc) is 2.82. The summed E-state index contributed by atoms with van der Waals surface area (Å²) < 4.78 is 16.5. The zero-order valence-corrected chi connectivity index (χ0v) is 17.8. The summed E-state index contributed by atoms with van der Waals surface area (Å²) in [6.07, 6.45) is 0.178. The molecule has 0 bridgehead atoms. The summed E-state index contributed by atoms with van der Waals surface area (Å²) in [7, 11) is 3.14. The first-order valence-corrected chi connectivity index (χ1v) is 10.1. The summed E-state index contributed by atoms with van der Waals surface area (Å²) in [5, 5.41) is 20.6. The van der Waals surface area contributed by atoms with Gasteiger partial charge in [0.25, 0.3) is 0 Å². The van der Waals surface area contributed by atoms with E-state index in [-0.39, 0.29) is 12.4 Å². The van der Waals surface area contributed by atoms with Crippen LogP contribution in [0.15, 0.2) is 72.8 Å². The molecular weight excluding hydrogens is 394 g/mol. The third-order valence-corrected chi connectivity index (χ3v) is 5.43. The van der Waals surface area contributed by atoms with Gasteiger partial charge in [0.2, 0.25) is 0 Å². The second-order valence-electron chi connectivity index (χ2n) is 7.42. The molecule has 0 aliphatic heterocycles. The van der Waals surface area contributed by atoms with Gasteiger partial charge in [-0.1, -0.05) is 36.4 Å². The molecule has 0 fully saturated rings. The zero-order chi connectivity index (χ0) is 22.3. The van der Waals surface area contributed by atoms with E-state index in [9.17, 15) is 10.2 Å². The Morgan fingerprint density at radius 1 is 0.903 bits per heavy atom. The van der Waals surface area contributed by atoms with Gasteiger partial charge in [-0.15, -0.1) is 0 Å². The Morgan fingerprint density at radius 2 is 1.58 bits per heavy atom. The maximum atomic E-state index is 11.1. The topological polar surface area (TPSA) is 94.2 Å². The van der Waals surface area contributed by atoms with E-state index in [1.54, 1.807) is 38.5 Å². The summed E-state index contributed by atoms with van der Waals surface area (Å²) in [6.45, 7) is -0.00951. The number of aliphatic hydroxyl groups excluding tert-OH is 1. The second-order valence-corrected chi connectivity index (χ2v) is 7.42. The lowest BCUT2D eigenvalue weighted by atomic mass is 9.80. The number of benzene rings is 3. The number of nitrogens with two attached hydrogens (primary N) is 1. The fourth-order valence-electron chi connectivity index (χ4n) is 3.49. The molecule has 3 aromatic carbocycles. The van der Waals surface area contributed by atoms with Crippen LogP contribution in [0.3, 0.4) is 0 Å². The van der Waals surface area contributed by atoms with Crippen molar-refractivity contribution in [2.45, 2.75) is 24.5 Å². The normalized spacial score (nSPS) is 13.8. The van der Waals surface area contributed by atoms with Gasteiger partial charge < -0.3 is 30.2 Å². The zero-order valence-electron chi connectivity index (χ0n) is 17.8. The Hall–Kier alpha value is -3.22. The predicted molar refractivity (Wildman–Crippen MR) is 120 cm³/mol. The summed E-state index contributed by atoms with van der Waals surface area (Å²) in [6, 6.07) is 21.8. The molecule has 4 N–H and O–H groups in total. The van der Waals surface area contributed by atoms with Crippen molar-refractivity contribution in [2.24, 2.45) is 5.73 Å². The Bertz CT molecular complexity index is 961. The van der Waals surface area contributed by atoms with Crippen molar-refractivity contribution in [2.75, 3.05) is 20.8 Å². The summed E-state index contributed by atoms with van der Waals surface area (Å²) in [4.78, 5) is 0. The average molecular weight is 424 g/mol. The molecule has 2 unspecified atom stereocenters. The molecule has 0 amide bonds. The second kappa shape index (κ2) is 10.2. The largest absolute Gasteiger partial charge is 0.508 e. The van der Waals surface area contributed by atoms with E-state index in [1.165, 1.54) is 12.1 Å². The Morgan fingerprint density at radius 3 is 2.23 bits per heavy atom. The first-order valence-electron chi connectivity index (χ1n) is 10.1. The Kier molecular flexibility index (Phi) is 7.39. The van der Waals surface area contributed by atoms with Crippen LogP contribution in [0.2, 0.25) is 0 Å². The van der Waals surface area contributed by atoms with Gasteiger partial charge >= 0.3 is 0 Å². The third kappa shape index (κ3) is 5.48. The minimum atomic E-state index is -1.09. The van der Waals surface area contributed by atoms with Crippen LogP contribution >= 0.6 is 0 Å².